The van der Waals surface area contributed by atoms with Crippen molar-refractivity contribution in [1.82, 2.24) is 0 Å². The summed E-state index contributed by atoms with van der Waals surface area (Å²) < 4.78 is 0. The van der Waals surface area contributed by atoms with Gasteiger partial charge in [0.15, 0.2) is 4.98 Å². The van der Waals surface area contributed by atoms with Gasteiger partial charge in [0, 0.05) is 12.1 Å². The fraction of sp³-hybridized carbons (Fsp3) is 0.143. The van der Waals surface area contributed by atoms with Crippen LogP contribution in [0, 0.1) is 12.3 Å². The molecule has 0 atom stereocenters. The molecule has 81 valence electrons. The molecule has 0 amide bonds. The quantitative estimate of drug-likeness (QED) is 0.475. The molecule has 2 nitrogen and oxygen atoms in total. The molecule has 1 aromatic carbocycles. The van der Waals surface area contributed by atoms with Gasteiger partial charge in [0.05, 0.1) is 0 Å². The van der Waals surface area contributed by atoms with Crippen LogP contribution in [0.4, 0.5) is 5.69 Å². The molecule has 0 aliphatic carbocycles. The van der Waals surface area contributed by atoms with Gasteiger partial charge in [0.2, 0.25) is 5.39 Å². The first kappa shape index (κ1) is 14.3. The number of hydrogen-bond donors (Lipinski definition) is 0. The van der Waals surface area contributed by atoms with E-state index in [2.05, 4.69) is 4.98 Å². The van der Waals surface area contributed by atoms with Crippen molar-refractivity contribution in [1.29, 1.82) is 5.39 Å². The second-order valence-corrected chi connectivity index (χ2v) is 13.2. The van der Waals surface area contributed by atoms with Gasteiger partial charge < -0.3 is 0 Å². The Morgan fingerprint density at radius 1 is 1.21 bits per heavy atom. The Labute approximate surface area is 102 Å². The number of rotatable bonds is 0. The Kier molecular flexibility index (Phi) is 6.89. The molecule has 0 aromatic heterocycles. The monoisotopic (exact) mass is 315 g/mol. The van der Waals surface area contributed by atoms with Gasteiger partial charge in [0.25, 0.3) is 0 Å². The van der Waals surface area contributed by atoms with Crippen molar-refractivity contribution in [3.8, 4) is 0 Å². The molecule has 7 heteroatoms. The Morgan fingerprint density at radius 3 is 2.00 bits per heavy atom. The van der Waals surface area contributed by atoms with Crippen LogP contribution in [0.3, 0.4) is 0 Å². The third kappa shape index (κ3) is 10.4. The Bertz CT molecular complexity index is 325. The molecule has 0 bridgehead atoms. The second kappa shape index (κ2) is 6.74. The van der Waals surface area contributed by atoms with Crippen molar-refractivity contribution in [2.75, 3.05) is 0 Å². The van der Waals surface area contributed by atoms with E-state index < -0.39 is 9.20 Å². The maximum atomic E-state index is 8.29. The van der Waals surface area contributed by atoms with Gasteiger partial charge in [-0.2, -0.15) is 0 Å². The summed E-state index contributed by atoms with van der Waals surface area (Å²) >= 11 is 0. The van der Waals surface area contributed by atoms with Crippen molar-refractivity contribution in [2.24, 2.45) is 0 Å². The first-order chi connectivity index (χ1) is 6.33. The van der Waals surface area contributed by atoms with Crippen molar-refractivity contribution in [3.63, 3.8) is 0 Å². The van der Waals surface area contributed by atoms with Crippen LogP contribution in [0.25, 0.3) is 4.98 Å². The zero-order chi connectivity index (χ0) is 11.2. The number of hydrogen-bond acceptors (Lipinski definition) is 1. The van der Waals surface area contributed by atoms with E-state index in [0.29, 0.717) is 5.69 Å². The standard InChI is InChI=1S/C7H7N2.4ClH.Fe/c1-6-3-2-4-7(5-6)9-8;;;;;/h2-5H,1H3;4*1H;/q+1;;;;;+3/p-4. The van der Waals surface area contributed by atoms with Crippen LogP contribution >= 0.6 is 40.4 Å². The average molecular weight is 317 g/mol. The van der Waals surface area contributed by atoms with E-state index in [1.807, 2.05) is 19.1 Å². The molecule has 0 N–H and O–H groups in total. The molecule has 0 spiro atoms. The zero-order valence-electron chi connectivity index (χ0n) is 7.07. The number of aryl methyl sites for hydroxylation is 1. The van der Waals surface area contributed by atoms with Gasteiger partial charge >= 0.3 is 55.3 Å². The molecule has 0 aliphatic heterocycles. The molecule has 0 heterocycles. The zero-order valence-corrected chi connectivity index (χ0v) is 11.2. The Morgan fingerprint density at radius 2 is 1.71 bits per heavy atom. The Balaban J connectivity index is 0.000000292. The van der Waals surface area contributed by atoms with Crippen LogP contribution in [0.1, 0.15) is 5.56 Å². The maximum absolute atomic E-state index is 8.29. The summed E-state index contributed by atoms with van der Waals surface area (Å²) in [5, 5.41) is 8.29. The number of diazo groups is 1. The van der Waals surface area contributed by atoms with E-state index in [-0.39, 0.29) is 0 Å². The third-order valence-corrected chi connectivity index (χ3v) is 1.12. The summed E-state index contributed by atoms with van der Waals surface area (Å²) in [5.74, 6) is 0. The van der Waals surface area contributed by atoms with E-state index >= 15 is 0 Å². The molecule has 1 rings (SSSR count). The molecule has 14 heavy (non-hydrogen) atoms. The molecular formula is C7H7Cl4FeN2. The van der Waals surface area contributed by atoms with Crippen LogP contribution in [-0.4, -0.2) is 0 Å². The van der Waals surface area contributed by atoms with E-state index in [1.54, 1.807) is 12.1 Å². The summed E-state index contributed by atoms with van der Waals surface area (Å²) in [5.41, 5.74) is 1.71. The molecular weight excluding hydrogens is 310 g/mol. The normalized spacial score (nSPS) is 10.9. The Hall–Kier alpha value is 0.319. The summed E-state index contributed by atoms with van der Waals surface area (Å²) in [6.45, 7) is 1.95. The molecule has 1 aromatic rings. The summed E-state index contributed by atoms with van der Waals surface area (Å²) in [6, 6.07) is 7.35. The fourth-order valence-corrected chi connectivity index (χ4v) is 0.690. The number of halogens is 4. The predicted molar refractivity (Wildman–Crippen MR) is 59.3 cm³/mol. The van der Waals surface area contributed by atoms with Gasteiger partial charge in [-0.25, -0.2) is 0 Å². The number of benzene rings is 1. The van der Waals surface area contributed by atoms with Crippen molar-refractivity contribution < 1.29 is 9.20 Å². The van der Waals surface area contributed by atoms with Gasteiger partial charge in [0.1, 0.15) is 0 Å². The van der Waals surface area contributed by atoms with Gasteiger partial charge in [-0.1, -0.05) is 12.1 Å². The summed E-state index contributed by atoms with van der Waals surface area (Å²) in [4.78, 5) is 3.03. The second-order valence-electron chi connectivity index (χ2n) is 2.24. The summed E-state index contributed by atoms with van der Waals surface area (Å²) in [7, 11) is 17.2. The van der Waals surface area contributed by atoms with Crippen LogP contribution in [0.15, 0.2) is 24.3 Å². The van der Waals surface area contributed by atoms with Crippen LogP contribution < -0.4 is 0 Å². The minimum atomic E-state index is -2.61. The molecule has 0 saturated carbocycles. The molecule has 0 fully saturated rings. The average Bonchev–Trinajstić information content (AvgIpc) is 2.01. The fourth-order valence-electron chi connectivity index (χ4n) is 0.690. The van der Waals surface area contributed by atoms with E-state index in [9.17, 15) is 0 Å². The van der Waals surface area contributed by atoms with Crippen LogP contribution in [0.2, 0.25) is 0 Å². The topological polar surface area (TPSA) is 28.1 Å². The summed E-state index contributed by atoms with van der Waals surface area (Å²) in [6.07, 6.45) is 0. The first-order valence-electron chi connectivity index (χ1n) is 3.28. The van der Waals surface area contributed by atoms with Gasteiger partial charge in [-0.3, -0.25) is 0 Å². The predicted octanol–water partition coefficient (Wildman–Crippen LogP) is 5.24. The van der Waals surface area contributed by atoms with Crippen molar-refractivity contribution in [2.45, 2.75) is 6.92 Å². The number of nitrogens with zero attached hydrogens (tertiary/aromatic N) is 2. The van der Waals surface area contributed by atoms with E-state index in [4.69, 9.17) is 45.8 Å². The third-order valence-electron chi connectivity index (χ3n) is 1.12. The van der Waals surface area contributed by atoms with E-state index in [1.165, 1.54) is 0 Å². The SMILES string of the molecule is Cc1cccc([N+]#N)c1.[Cl][Fe-]([Cl])([Cl])[Cl]. The molecule has 0 unspecified atom stereocenters. The molecule has 0 radical (unpaired) electrons. The minimum absolute atomic E-state index is 0.606. The van der Waals surface area contributed by atoms with Crippen molar-refractivity contribution in [3.05, 3.63) is 34.8 Å². The van der Waals surface area contributed by atoms with E-state index in [0.717, 1.165) is 5.56 Å². The first-order valence-corrected chi connectivity index (χ1v) is 9.36. The van der Waals surface area contributed by atoms with Crippen molar-refractivity contribution >= 4 is 46.1 Å². The van der Waals surface area contributed by atoms with Crippen LogP contribution in [0.5, 0.6) is 0 Å². The van der Waals surface area contributed by atoms with Gasteiger partial charge in [-0.05, 0) is 12.5 Å². The van der Waals surface area contributed by atoms with Gasteiger partial charge in [-0.15, -0.1) is 0 Å². The van der Waals surface area contributed by atoms with Crippen LogP contribution in [-0.2, 0) is 9.20 Å². The molecule has 0 saturated heterocycles. The molecule has 0 aliphatic rings.